The molecule has 27 heavy (non-hydrogen) atoms. The molecular weight excluding hydrogens is 362 g/mol. The van der Waals surface area contributed by atoms with Gasteiger partial charge in [0.05, 0.1) is 10.9 Å². The smallest absolute Gasteiger partial charge is 0.227 e. The van der Waals surface area contributed by atoms with E-state index in [1.165, 1.54) is 0 Å². The van der Waals surface area contributed by atoms with Gasteiger partial charge in [0.1, 0.15) is 11.6 Å². The lowest BCUT2D eigenvalue weighted by molar-refractivity contribution is -0.136. The Morgan fingerprint density at radius 3 is 2.52 bits per heavy atom. The molecule has 2 aromatic heterocycles. The van der Waals surface area contributed by atoms with Crippen LogP contribution in [0.15, 0.2) is 42.7 Å². The highest BCUT2D eigenvalue weighted by molar-refractivity contribution is 6.32. The molecule has 6 nitrogen and oxygen atoms in total. The van der Waals surface area contributed by atoms with Crippen LogP contribution in [0.2, 0.25) is 5.02 Å². The molecule has 2 fully saturated rings. The maximum absolute atomic E-state index is 13.1. The second-order valence-electron chi connectivity index (χ2n) is 7.09. The number of amides is 1. The Hall–Kier alpha value is -2.34. The first-order valence-corrected chi connectivity index (χ1v) is 9.90. The molecule has 0 N–H and O–H groups in total. The lowest BCUT2D eigenvalue weighted by atomic mass is 9.96. The summed E-state index contributed by atoms with van der Waals surface area (Å²) in [6.07, 6.45) is 5.48. The van der Waals surface area contributed by atoms with Crippen LogP contribution in [0.3, 0.4) is 0 Å². The van der Waals surface area contributed by atoms with Gasteiger partial charge in [-0.3, -0.25) is 4.79 Å². The molecule has 0 spiro atoms. The molecule has 4 heterocycles. The Kier molecular flexibility index (Phi) is 5.43. The first kappa shape index (κ1) is 18.0. The van der Waals surface area contributed by atoms with Crippen molar-refractivity contribution in [2.75, 3.05) is 49.1 Å². The SMILES string of the molecule is O=C([C@@H]1CCCN(c2ncccc2Cl)C1)N1CCN(c2ccccn2)CC1. The molecule has 1 amide bonds. The van der Waals surface area contributed by atoms with Crippen LogP contribution < -0.4 is 9.80 Å². The quantitative estimate of drug-likeness (QED) is 0.813. The second kappa shape index (κ2) is 8.13. The van der Waals surface area contributed by atoms with E-state index in [0.717, 1.165) is 57.2 Å². The molecule has 1 atom stereocenters. The van der Waals surface area contributed by atoms with Crippen LogP contribution >= 0.6 is 11.6 Å². The summed E-state index contributed by atoms with van der Waals surface area (Å²) >= 11 is 6.30. The summed E-state index contributed by atoms with van der Waals surface area (Å²) in [6, 6.07) is 9.63. The van der Waals surface area contributed by atoms with Crippen molar-refractivity contribution in [2.45, 2.75) is 12.8 Å². The summed E-state index contributed by atoms with van der Waals surface area (Å²) < 4.78 is 0. The zero-order chi connectivity index (χ0) is 18.6. The topological polar surface area (TPSA) is 52.6 Å². The third-order valence-corrected chi connectivity index (χ3v) is 5.67. The average molecular weight is 386 g/mol. The molecule has 0 bridgehead atoms. The average Bonchev–Trinajstić information content (AvgIpc) is 2.74. The number of halogens is 1. The van der Waals surface area contributed by atoms with Gasteiger partial charge in [-0.05, 0) is 37.1 Å². The van der Waals surface area contributed by atoms with Crippen LogP contribution in [0.4, 0.5) is 11.6 Å². The van der Waals surface area contributed by atoms with E-state index in [2.05, 4.69) is 19.8 Å². The van der Waals surface area contributed by atoms with E-state index in [-0.39, 0.29) is 11.8 Å². The van der Waals surface area contributed by atoms with Crippen molar-refractivity contribution in [3.05, 3.63) is 47.7 Å². The number of carbonyl (C=O) groups is 1. The van der Waals surface area contributed by atoms with Crippen LogP contribution in [0.25, 0.3) is 0 Å². The summed E-state index contributed by atoms with van der Waals surface area (Å²) in [5.74, 6) is 2.04. The van der Waals surface area contributed by atoms with Crippen LogP contribution in [0.5, 0.6) is 0 Å². The molecular formula is C20H24ClN5O. The summed E-state index contributed by atoms with van der Waals surface area (Å²) in [7, 11) is 0. The van der Waals surface area contributed by atoms with E-state index in [4.69, 9.17) is 11.6 Å². The maximum Gasteiger partial charge on any atom is 0.227 e. The molecule has 0 aromatic carbocycles. The number of carbonyl (C=O) groups excluding carboxylic acids is 1. The number of hydrogen-bond donors (Lipinski definition) is 0. The number of piperidine rings is 1. The maximum atomic E-state index is 13.1. The van der Waals surface area contributed by atoms with Gasteiger partial charge in [0.2, 0.25) is 5.91 Å². The van der Waals surface area contributed by atoms with E-state index in [1.807, 2.05) is 41.4 Å². The zero-order valence-corrected chi connectivity index (χ0v) is 16.1. The van der Waals surface area contributed by atoms with Crippen LogP contribution in [0, 0.1) is 5.92 Å². The van der Waals surface area contributed by atoms with Gasteiger partial charge in [0, 0.05) is 51.7 Å². The Labute approximate surface area is 164 Å². The zero-order valence-electron chi connectivity index (χ0n) is 15.3. The van der Waals surface area contributed by atoms with Crippen molar-refractivity contribution < 1.29 is 4.79 Å². The Morgan fingerprint density at radius 1 is 0.963 bits per heavy atom. The number of pyridine rings is 2. The standard InChI is InChI=1S/C20H24ClN5O/c21-17-6-3-9-23-19(17)26-10-4-5-16(15-26)20(27)25-13-11-24(12-14-25)18-7-1-2-8-22-18/h1-3,6-9,16H,4-5,10-15H2/t16-/m1/s1. The normalized spacial score (nSPS) is 20.6. The molecule has 142 valence electrons. The molecule has 0 aliphatic carbocycles. The lowest BCUT2D eigenvalue weighted by Crippen LogP contribution is -2.52. The molecule has 7 heteroatoms. The van der Waals surface area contributed by atoms with Crippen molar-refractivity contribution in [2.24, 2.45) is 5.92 Å². The number of hydrogen-bond acceptors (Lipinski definition) is 5. The number of rotatable bonds is 3. The lowest BCUT2D eigenvalue weighted by Gasteiger charge is -2.39. The third-order valence-electron chi connectivity index (χ3n) is 5.37. The summed E-state index contributed by atoms with van der Waals surface area (Å²) in [4.78, 5) is 28.3. The van der Waals surface area contributed by atoms with Gasteiger partial charge < -0.3 is 14.7 Å². The highest BCUT2D eigenvalue weighted by Crippen LogP contribution is 2.28. The summed E-state index contributed by atoms with van der Waals surface area (Å²) in [5, 5.41) is 0.648. The summed E-state index contributed by atoms with van der Waals surface area (Å²) in [6.45, 7) is 4.73. The largest absolute Gasteiger partial charge is 0.355 e. The van der Waals surface area contributed by atoms with Crippen molar-refractivity contribution in [1.82, 2.24) is 14.9 Å². The van der Waals surface area contributed by atoms with E-state index < -0.39 is 0 Å². The minimum Gasteiger partial charge on any atom is -0.355 e. The van der Waals surface area contributed by atoms with E-state index in [1.54, 1.807) is 6.20 Å². The molecule has 0 unspecified atom stereocenters. The fourth-order valence-electron chi connectivity index (χ4n) is 3.94. The molecule has 2 aliphatic heterocycles. The second-order valence-corrected chi connectivity index (χ2v) is 7.50. The summed E-state index contributed by atoms with van der Waals surface area (Å²) in [5.41, 5.74) is 0. The van der Waals surface area contributed by atoms with Gasteiger partial charge in [-0.15, -0.1) is 0 Å². The molecule has 2 saturated heterocycles. The minimum atomic E-state index is 0.0122. The first-order valence-electron chi connectivity index (χ1n) is 9.52. The number of anilines is 2. The Balaban J connectivity index is 1.36. The molecule has 2 aromatic rings. The monoisotopic (exact) mass is 385 g/mol. The minimum absolute atomic E-state index is 0.0122. The predicted octanol–water partition coefficient (Wildman–Crippen LogP) is 2.70. The first-order chi connectivity index (χ1) is 13.2. The molecule has 0 radical (unpaired) electrons. The van der Waals surface area contributed by atoms with E-state index >= 15 is 0 Å². The van der Waals surface area contributed by atoms with Crippen molar-refractivity contribution in [1.29, 1.82) is 0 Å². The van der Waals surface area contributed by atoms with E-state index in [0.29, 0.717) is 11.6 Å². The van der Waals surface area contributed by atoms with Gasteiger partial charge in [-0.25, -0.2) is 9.97 Å². The fraction of sp³-hybridized carbons (Fsp3) is 0.450. The van der Waals surface area contributed by atoms with Gasteiger partial charge in [0.15, 0.2) is 0 Å². The van der Waals surface area contributed by atoms with Crippen LogP contribution in [-0.4, -0.2) is 60.0 Å². The number of nitrogens with zero attached hydrogens (tertiary/aromatic N) is 5. The van der Waals surface area contributed by atoms with Gasteiger partial charge in [0.25, 0.3) is 0 Å². The van der Waals surface area contributed by atoms with E-state index in [9.17, 15) is 4.79 Å². The third kappa shape index (κ3) is 4.00. The predicted molar refractivity (Wildman–Crippen MR) is 107 cm³/mol. The fourth-order valence-corrected chi connectivity index (χ4v) is 4.18. The van der Waals surface area contributed by atoms with Gasteiger partial charge in [-0.2, -0.15) is 0 Å². The van der Waals surface area contributed by atoms with Crippen molar-refractivity contribution in [3.8, 4) is 0 Å². The molecule has 4 rings (SSSR count). The van der Waals surface area contributed by atoms with Gasteiger partial charge in [-0.1, -0.05) is 17.7 Å². The van der Waals surface area contributed by atoms with Gasteiger partial charge >= 0.3 is 0 Å². The molecule has 0 saturated carbocycles. The Morgan fingerprint density at radius 2 is 1.78 bits per heavy atom. The number of aromatic nitrogens is 2. The van der Waals surface area contributed by atoms with Crippen LogP contribution in [0.1, 0.15) is 12.8 Å². The van der Waals surface area contributed by atoms with Crippen molar-refractivity contribution >= 4 is 29.1 Å². The highest BCUT2D eigenvalue weighted by atomic mass is 35.5. The molecule has 2 aliphatic rings. The highest BCUT2D eigenvalue weighted by Gasteiger charge is 2.32. The number of piperazine rings is 1. The Bertz CT molecular complexity index is 779. The van der Waals surface area contributed by atoms with Crippen LogP contribution in [-0.2, 0) is 4.79 Å². The van der Waals surface area contributed by atoms with Crippen molar-refractivity contribution in [3.63, 3.8) is 0 Å².